The molecule has 14 heavy (non-hydrogen) atoms. The Hall–Kier alpha value is -0.770. The highest BCUT2D eigenvalue weighted by Gasteiger charge is 2.21. The first-order valence-corrected chi connectivity index (χ1v) is 4.92. The molecule has 0 spiro atoms. The Kier molecular flexibility index (Phi) is 4.91. The fourth-order valence-corrected chi connectivity index (χ4v) is 0.809. The van der Waals surface area contributed by atoms with Crippen molar-refractivity contribution < 1.29 is 9.59 Å². The van der Waals surface area contributed by atoms with Gasteiger partial charge in [0.15, 0.2) is 0 Å². The van der Waals surface area contributed by atoms with E-state index in [1.165, 1.54) is 0 Å². The maximum absolute atomic E-state index is 11.5. The van der Waals surface area contributed by atoms with Gasteiger partial charge in [0.1, 0.15) is 5.88 Å². The molecule has 0 heterocycles. The number of carbonyl (C=O) groups is 2. The van der Waals surface area contributed by atoms with Crippen LogP contribution in [0.5, 0.6) is 0 Å². The van der Waals surface area contributed by atoms with Crippen molar-refractivity contribution in [1.82, 2.24) is 10.2 Å². The van der Waals surface area contributed by atoms with Crippen molar-refractivity contribution in [1.29, 1.82) is 0 Å². The number of amides is 2. The highest BCUT2D eigenvalue weighted by Crippen LogP contribution is 2.09. The summed E-state index contributed by atoms with van der Waals surface area (Å²) in [7, 11) is 1.70. The van der Waals surface area contributed by atoms with Gasteiger partial charge in [-0.2, -0.15) is 0 Å². The zero-order valence-corrected chi connectivity index (χ0v) is 9.81. The lowest BCUT2D eigenvalue weighted by Crippen LogP contribution is -2.47. The van der Waals surface area contributed by atoms with Crippen LogP contribution in [0.3, 0.4) is 0 Å². The standard InChI is InChI=1S/C9H17ClN2O2/c1-9(2,3)12(4)8(14)6-11-7(13)5-10/h5-6H2,1-4H3,(H,11,13). The van der Waals surface area contributed by atoms with E-state index in [0.29, 0.717) is 0 Å². The van der Waals surface area contributed by atoms with Gasteiger partial charge in [0.2, 0.25) is 11.8 Å². The van der Waals surface area contributed by atoms with Crippen molar-refractivity contribution in [2.24, 2.45) is 0 Å². The molecule has 2 amide bonds. The van der Waals surface area contributed by atoms with Crippen molar-refractivity contribution in [2.45, 2.75) is 26.3 Å². The minimum atomic E-state index is -0.331. The van der Waals surface area contributed by atoms with E-state index in [4.69, 9.17) is 11.6 Å². The van der Waals surface area contributed by atoms with E-state index in [0.717, 1.165) is 0 Å². The number of halogens is 1. The van der Waals surface area contributed by atoms with E-state index in [1.807, 2.05) is 20.8 Å². The summed E-state index contributed by atoms with van der Waals surface area (Å²) in [6, 6.07) is 0. The molecule has 0 aliphatic rings. The molecule has 1 N–H and O–H groups in total. The number of hydrogen-bond donors (Lipinski definition) is 1. The summed E-state index contributed by atoms with van der Waals surface area (Å²) in [4.78, 5) is 23.8. The number of likely N-dealkylation sites (N-methyl/N-ethyl adjacent to an activating group) is 1. The van der Waals surface area contributed by atoms with Gasteiger partial charge in [-0.15, -0.1) is 11.6 Å². The maximum atomic E-state index is 11.5. The summed E-state index contributed by atoms with van der Waals surface area (Å²) < 4.78 is 0. The fourth-order valence-electron chi connectivity index (χ4n) is 0.714. The van der Waals surface area contributed by atoms with E-state index in [9.17, 15) is 9.59 Å². The third kappa shape index (κ3) is 4.46. The van der Waals surface area contributed by atoms with Gasteiger partial charge in [0.25, 0.3) is 0 Å². The summed E-state index contributed by atoms with van der Waals surface area (Å²) in [5, 5.41) is 2.42. The molecule has 0 bridgehead atoms. The smallest absolute Gasteiger partial charge is 0.242 e. The van der Waals surface area contributed by atoms with E-state index in [1.54, 1.807) is 11.9 Å². The summed E-state index contributed by atoms with van der Waals surface area (Å²) in [5.74, 6) is -0.578. The number of rotatable bonds is 3. The Morgan fingerprint density at radius 2 is 1.86 bits per heavy atom. The number of alkyl halides is 1. The molecule has 0 fully saturated rings. The third-order valence-electron chi connectivity index (χ3n) is 1.94. The quantitative estimate of drug-likeness (QED) is 0.709. The molecule has 0 saturated heterocycles. The second kappa shape index (κ2) is 5.20. The zero-order valence-electron chi connectivity index (χ0n) is 9.06. The average Bonchev–Trinajstić information content (AvgIpc) is 2.10. The van der Waals surface area contributed by atoms with E-state index < -0.39 is 0 Å². The Bertz CT molecular complexity index is 223. The van der Waals surface area contributed by atoms with Crippen molar-refractivity contribution >= 4 is 23.4 Å². The second-order valence-electron chi connectivity index (χ2n) is 4.03. The van der Waals surface area contributed by atoms with Gasteiger partial charge in [0, 0.05) is 12.6 Å². The topological polar surface area (TPSA) is 49.4 Å². The molecule has 5 heteroatoms. The van der Waals surface area contributed by atoms with Gasteiger partial charge >= 0.3 is 0 Å². The van der Waals surface area contributed by atoms with E-state index in [2.05, 4.69) is 5.32 Å². The van der Waals surface area contributed by atoms with Crippen LogP contribution in [0.4, 0.5) is 0 Å². The second-order valence-corrected chi connectivity index (χ2v) is 4.30. The Morgan fingerprint density at radius 1 is 1.36 bits per heavy atom. The molecule has 0 radical (unpaired) electrons. The first kappa shape index (κ1) is 13.2. The SMILES string of the molecule is CN(C(=O)CNC(=O)CCl)C(C)(C)C. The van der Waals surface area contributed by atoms with Gasteiger partial charge in [-0.05, 0) is 20.8 Å². The van der Waals surface area contributed by atoms with Crippen LogP contribution in [-0.2, 0) is 9.59 Å². The highest BCUT2D eigenvalue weighted by molar-refractivity contribution is 6.27. The minimum absolute atomic E-state index is 0.000671. The lowest BCUT2D eigenvalue weighted by Gasteiger charge is -2.32. The monoisotopic (exact) mass is 220 g/mol. The molecule has 0 aromatic rings. The maximum Gasteiger partial charge on any atom is 0.242 e. The zero-order chi connectivity index (χ0) is 11.4. The first-order valence-electron chi connectivity index (χ1n) is 4.38. The van der Waals surface area contributed by atoms with Crippen LogP contribution in [-0.4, -0.2) is 41.7 Å². The average molecular weight is 221 g/mol. The third-order valence-corrected chi connectivity index (χ3v) is 2.18. The van der Waals surface area contributed by atoms with Gasteiger partial charge in [0.05, 0.1) is 6.54 Å². The van der Waals surface area contributed by atoms with Gasteiger partial charge in [-0.3, -0.25) is 9.59 Å². The molecule has 0 aromatic carbocycles. The molecule has 82 valence electrons. The lowest BCUT2D eigenvalue weighted by atomic mass is 10.1. The highest BCUT2D eigenvalue weighted by atomic mass is 35.5. The van der Waals surface area contributed by atoms with Crippen LogP contribution in [0.15, 0.2) is 0 Å². The summed E-state index contributed by atoms with van der Waals surface area (Å²) in [5.41, 5.74) is -0.233. The summed E-state index contributed by atoms with van der Waals surface area (Å²) >= 11 is 5.27. The van der Waals surface area contributed by atoms with Crippen molar-refractivity contribution in [2.75, 3.05) is 19.5 Å². The van der Waals surface area contributed by atoms with Crippen LogP contribution in [0.1, 0.15) is 20.8 Å². The Morgan fingerprint density at radius 3 is 2.21 bits per heavy atom. The van der Waals surface area contributed by atoms with E-state index in [-0.39, 0.29) is 29.8 Å². The van der Waals surface area contributed by atoms with Crippen LogP contribution in [0, 0.1) is 0 Å². The van der Waals surface area contributed by atoms with Crippen LogP contribution in [0.2, 0.25) is 0 Å². The molecule has 0 aromatic heterocycles. The Labute approximate surface area is 89.6 Å². The first-order chi connectivity index (χ1) is 6.29. The van der Waals surface area contributed by atoms with Gasteiger partial charge in [-0.1, -0.05) is 0 Å². The number of nitrogens with zero attached hydrogens (tertiary/aromatic N) is 1. The van der Waals surface area contributed by atoms with Gasteiger partial charge in [-0.25, -0.2) is 0 Å². The predicted molar refractivity (Wildman–Crippen MR) is 56.3 cm³/mol. The number of nitrogens with one attached hydrogen (secondary N) is 1. The number of hydrogen-bond acceptors (Lipinski definition) is 2. The van der Waals surface area contributed by atoms with Crippen LogP contribution in [0.25, 0.3) is 0 Å². The molecule has 0 aliphatic carbocycles. The van der Waals surface area contributed by atoms with Crippen LogP contribution < -0.4 is 5.32 Å². The summed E-state index contributed by atoms with van der Waals surface area (Å²) in [6.07, 6.45) is 0. The molecule has 0 rings (SSSR count). The fraction of sp³-hybridized carbons (Fsp3) is 0.778. The lowest BCUT2D eigenvalue weighted by molar-refractivity contribution is -0.134. The van der Waals surface area contributed by atoms with Crippen LogP contribution >= 0.6 is 11.6 Å². The number of carbonyl (C=O) groups excluding carboxylic acids is 2. The normalized spacial score (nSPS) is 10.9. The largest absolute Gasteiger partial charge is 0.346 e. The molecule has 0 aliphatic heterocycles. The molecular weight excluding hydrogens is 204 g/mol. The Balaban J connectivity index is 4.04. The van der Waals surface area contributed by atoms with Crippen molar-refractivity contribution in [3.63, 3.8) is 0 Å². The molecule has 0 unspecified atom stereocenters. The molecule has 4 nitrogen and oxygen atoms in total. The molecule has 0 atom stereocenters. The minimum Gasteiger partial charge on any atom is -0.346 e. The van der Waals surface area contributed by atoms with E-state index >= 15 is 0 Å². The predicted octanol–water partition coefficient (Wildman–Crippen LogP) is 0.598. The van der Waals surface area contributed by atoms with Crippen molar-refractivity contribution in [3.8, 4) is 0 Å². The van der Waals surface area contributed by atoms with Gasteiger partial charge < -0.3 is 10.2 Å². The van der Waals surface area contributed by atoms with Crippen molar-refractivity contribution in [3.05, 3.63) is 0 Å². The summed E-state index contributed by atoms with van der Waals surface area (Å²) in [6.45, 7) is 5.77. The molecule has 0 saturated carbocycles. The molecular formula is C9H17ClN2O2.